The molecular formula is C14H16Br3N3O7. The molecule has 2 rings (SSSR count). The molecule has 27 heavy (non-hydrogen) atoms. The highest BCUT2D eigenvalue weighted by Gasteiger charge is 2.50. The molecule has 10 nitrogen and oxygen atoms in total. The molecule has 0 amide bonds. The van der Waals surface area contributed by atoms with Crippen LogP contribution in [0.15, 0.2) is 9.47 Å². The van der Waals surface area contributed by atoms with Gasteiger partial charge in [-0.3, -0.25) is 14.4 Å². The highest BCUT2D eigenvalue weighted by molar-refractivity contribution is 9.11. The molecule has 1 saturated heterocycles. The van der Waals surface area contributed by atoms with Crippen molar-refractivity contribution in [1.29, 1.82) is 0 Å². The maximum Gasteiger partial charge on any atom is 0.303 e. The Balaban J connectivity index is 2.40. The van der Waals surface area contributed by atoms with Gasteiger partial charge < -0.3 is 18.9 Å². The summed E-state index contributed by atoms with van der Waals surface area (Å²) in [6.07, 6.45) is -3.65. The minimum Gasteiger partial charge on any atom is -0.463 e. The fraction of sp³-hybridized carbons (Fsp3) is 0.643. The number of carbonyl (C=O) groups excluding carboxylic acids is 3. The van der Waals surface area contributed by atoms with Crippen molar-refractivity contribution in [2.45, 2.75) is 50.1 Å². The van der Waals surface area contributed by atoms with E-state index < -0.39 is 47.3 Å². The number of nitrogens with zero attached hydrogens (tertiary/aromatic N) is 3. The van der Waals surface area contributed by atoms with Crippen LogP contribution in [-0.4, -0.2) is 62.4 Å². The quantitative estimate of drug-likeness (QED) is 0.294. The van der Waals surface area contributed by atoms with E-state index in [1.54, 1.807) is 0 Å². The summed E-state index contributed by atoms with van der Waals surface area (Å²) >= 11 is 9.88. The molecule has 1 aliphatic rings. The first kappa shape index (κ1) is 22.2. The van der Waals surface area contributed by atoms with Crippen LogP contribution in [0, 0.1) is 0 Å². The van der Waals surface area contributed by atoms with E-state index in [1.165, 1.54) is 25.5 Å². The zero-order valence-corrected chi connectivity index (χ0v) is 19.2. The van der Waals surface area contributed by atoms with E-state index in [9.17, 15) is 14.4 Å². The van der Waals surface area contributed by atoms with E-state index in [2.05, 4.69) is 57.9 Å². The third-order valence-corrected chi connectivity index (χ3v) is 5.30. The van der Waals surface area contributed by atoms with Gasteiger partial charge >= 0.3 is 17.9 Å². The number of hydrogen-bond donors (Lipinski definition) is 0. The van der Waals surface area contributed by atoms with E-state index in [4.69, 9.17) is 18.9 Å². The SMILES string of the molecule is CC(=O)OC[C@H]1O[C@@H](n2nc(Br)nc2Br)[C@H](Br)[C@@H](OC(C)=O)[C@@H]1OC(C)=O. The van der Waals surface area contributed by atoms with Crippen LogP contribution < -0.4 is 0 Å². The zero-order valence-electron chi connectivity index (χ0n) is 14.4. The summed E-state index contributed by atoms with van der Waals surface area (Å²) in [7, 11) is 0. The maximum atomic E-state index is 11.6. The number of carbonyl (C=O) groups is 3. The van der Waals surface area contributed by atoms with Crippen LogP contribution in [0.2, 0.25) is 0 Å². The van der Waals surface area contributed by atoms with Crippen LogP contribution in [0.4, 0.5) is 0 Å². The topological polar surface area (TPSA) is 119 Å². The molecule has 0 spiro atoms. The zero-order chi connectivity index (χ0) is 20.3. The Morgan fingerprint density at radius 1 is 1.07 bits per heavy atom. The molecular weight excluding hydrogens is 562 g/mol. The lowest BCUT2D eigenvalue weighted by Gasteiger charge is -2.43. The van der Waals surface area contributed by atoms with Gasteiger partial charge in [-0.1, -0.05) is 15.9 Å². The molecule has 5 atom stereocenters. The second-order valence-corrected chi connectivity index (χ2v) is 8.03. The molecule has 0 aliphatic carbocycles. The Bertz CT molecular complexity index is 729. The van der Waals surface area contributed by atoms with Crippen LogP contribution in [0.1, 0.15) is 27.0 Å². The minimum atomic E-state index is -1.00. The van der Waals surface area contributed by atoms with Crippen molar-refractivity contribution in [2.75, 3.05) is 6.61 Å². The van der Waals surface area contributed by atoms with Crippen LogP contribution >= 0.6 is 47.8 Å². The molecule has 13 heteroatoms. The number of halogens is 3. The number of hydrogen-bond acceptors (Lipinski definition) is 9. The Morgan fingerprint density at radius 2 is 1.67 bits per heavy atom. The fourth-order valence-corrected chi connectivity index (χ4v) is 4.30. The molecule has 1 aromatic rings. The third kappa shape index (κ3) is 5.72. The van der Waals surface area contributed by atoms with Gasteiger partial charge in [-0.15, -0.1) is 5.10 Å². The highest BCUT2D eigenvalue weighted by atomic mass is 79.9. The normalized spacial score (nSPS) is 27.7. The lowest BCUT2D eigenvalue weighted by Crippen LogP contribution is -2.58. The van der Waals surface area contributed by atoms with Crippen LogP contribution in [0.25, 0.3) is 0 Å². The van der Waals surface area contributed by atoms with Gasteiger partial charge in [0.15, 0.2) is 23.2 Å². The van der Waals surface area contributed by atoms with E-state index in [0.717, 1.165) is 0 Å². The molecule has 2 heterocycles. The first-order chi connectivity index (χ1) is 12.6. The largest absolute Gasteiger partial charge is 0.463 e. The average Bonchev–Trinajstić information content (AvgIpc) is 2.87. The standard InChI is InChI=1S/C14H16Br3N3O7/c1-5(21)24-4-8-10(25-6(2)22)11(26-7(3)23)9(15)12(27-8)20-14(17)18-13(16)19-20/h8-12H,4H2,1-3H3/t8-,9-,10-,11-,12-/m1/s1. The third-order valence-electron chi connectivity index (χ3n) is 3.45. The summed E-state index contributed by atoms with van der Waals surface area (Å²) in [5.74, 6) is -1.71. The van der Waals surface area contributed by atoms with Crippen molar-refractivity contribution in [3.63, 3.8) is 0 Å². The molecule has 0 bridgehead atoms. The van der Waals surface area contributed by atoms with Gasteiger partial charge in [0.25, 0.3) is 0 Å². The number of aromatic nitrogens is 3. The summed E-state index contributed by atoms with van der Waals surface area (Å²) in [5, 5.41) is 4.18. The average molecular weight is 578 g/mol. The van der Waals surface area contributed by atoms with E-state index >= 15 is 0 Å². The van der Waals surface area contributed by atoms with Gasteiger partial charge in [-0.2, -0.15) is 4.98 Å². The van der Waals surface area contributed by atoms with E-state index in [1.807, 2.05) is 0 Å². The molecule has 0 unspecified atom stereocenters. The van der Waals surface area contributed by atoms with Crippen molar-refractivity contribution in [1.82, 2.24) is 14.8 Å². The summed E-state index contributed by atoms with van der Waals surface area (Å²) in [6.45, 7) is 3.48. The summed E-state index contributed by atoms with van der Waals surface area (Å²) in [6, 6.07) is 0. The van der Waals surface area contributed by atoms with Gasteiger partial charge in [0.2, 0.25) is 4.73 Å². The van der Waals surface area contributed by atoms with Crippen LogP contribution in [0.3, 0.4) is 0 Å². The van der Waals surface area contributed by atoms with Gasteiger partial charge in [-0.25, -0.2) is 4.68 Å². The number of alkyl halides is 1. The first-order valence-corrected chi connectivity index (χ1v) is 10.1. The lowest BCUT2D eigenvalue weighted by atomic mass is 10.00. The smallest absolute Gasteiger partial charge is 0.303 e. The Morgan fingerprint density at radius 3 is 2.15 bits per heavy atom. The number of rotatable bonds is 5. The monoisotopic (exact) mass is 575 g/mol. The molecule has 1 aliphatic heterocycles. The fourth-order valence-electron chi connectivity index (χ4n) is 2.51. The van der Waals surface area contributed by atoms with Gasteiger partial charge in [0.1, 0.15) is 17.5 Å². The van der Waals surface area contributed by atoms with Crippen LogP contribution in [0.5, 0.6) is 0 Å². The Labute approximate surface area is 179 Å². The lowest BCUT2D eigenvalue weighted by molar-refractivity contribution is -0.225. The van der Waals surface area contributed by atoms with Gasteiger partial charge in [0, 0.05) is 20.8 Å². The minimum absolute atomic E-state index is 0.214. The second-order valence-electron chi connectivity index (χ2n) is 5.55. The summed E-state index contributed by atoms with van der Waals surface area (Å²) in [4.78, 5) is 37.8. The molecule has 0 N–H and O–H groups in total. The summed E-state index contributed by atoms with van der Waals surface area (Å²) in [5.41, 5.74) is 0. The molecule has 1 aromatic heterocycles. The van der Waals surface area contributed by atoms with Crippen molar-refractivity contribution >= 4 is 65.7 Å². The predicted octanol–water partition coefficient (Wildman–Crippen LogP) is 1.89. The van der Waals surface area contributed by atoms with Crippen molar-refractivity contribution in [2.24, 2.45) is 0 Å². The second kappa shape index (κ2) is 9.43. The molecule has 150 valence electrons. The highest BCUT2D eigenvalue weighted by Crippen LogP contribution is 2.37. The predicted molar refractivity (Wildman–Crippen MR) is 99.8 cm³/mol. The molecule has 0 aromatic carbocycles. The van der Waals surface area contributed by atoms with Crippen molar-refractivity contribution < 1.29 is 33.3 Å². The maximum absolute atomic E-state index is 11.6. The first-order valence-electron chi connectivity index (χ1n) is 7.65. The van der Waals surface area contributed by atoms with Crippen molar-refractivity contribution in [3.8, 4) is 0 Å². The Hall–Kier alpha value is -1.05. The van der Waals surface area contributed by atoms with E-state index in [0.29, 0.717) is 9.47 Å². The van der Waals surface area contributed by atoms with Crippen molar-refractivity contribution in [3.05, 3.63) is 9.47 Å². The van der Waals surface area contributed by atoms with Crippen LogP contribution in [-0.2, 0) is 33.3 Å². The van der Waals surface area contributed by atoms with Gasteiger partial charge in [0.05, 0.1) is 0 Å². The molecule has 1 fully saturated rings. The van der Waals surface area contributed by atoms with E-state index in [-0.39, 0.29) is 6.61 Å². The summed E-state index contributed by atoms with van der Waals surface area (Å²) < 4.78 is 23.8. The molecule has 0 saturated carbocycles. The number of ether oxygens (including phenoxy) is 4. The number of esters is 3. The molecule has 0 radical (unpaired) electrons. The van der Waals surface area contributed by atoms with Gasteiger partial charge in [-0.05, 0) is 31.9 Å². The Kier molecular flexibility index (Phi) is 7.77.